The van der Waals surface area contributed by atoms with Gasteiger partial charge in [-0.3, -0.25) is 0 Å². The van der Waals surface area contributed by atoms with Crippen LogP contribution >= 0.6 is 0 Å². The highest BCUT2D eigenvalue weighted by Crippen LogP contribution is 2.51. The first-order chi connectivity index (χ1) is 8.50. The van der Waals surface area contributed by atoms with E-state index in [9.17, 15) is 4.79 Å². The van der Waals surface area contributed by atoms with Crippen LogP contribution in [0.2, 0.25) is 0 Å². The molecule has 0 amide bonds. The summed E-state index contributed by atoms with van der Waals surface area (Å²) in [5.74, 6) is -0.177. The molecule has 0 bridgehead atoms. The molecular formula is C15H28O3. The second-order valence-corrected chi connectivity index (χ2v) is 5.68. The zero-order valence-electron chi connectivity index (χ0n) is 12.4. The minimum absolute atomic E-state index is 0.177. The van der Waals surface area contributed by atoms with Crippen molar-refractivity contribution in [2.45, 2.75) is 83.8 Å². The largest absolute Gasteiger partial charge is 0.464 e. The summed E-state index contributed by atoms with van der Waals surface area (Å²) in [6, 6.07) is 0. The number of hydrogen-bond acceptors (Lipinski definition) is 3. The molecule has 0 radical (unpaired) electrons. The van der Waals surface area contributed by atoms with Crippen LogP contribution in [-0.2, 0) is 14.3 Å². The van der Waals surface area contributed by atoms with Crippen molar-refractivity contribution in [3.63, 3.8) is 0 Å². The van der Waals surface area contributed by atoms with Crippen molar-refractivity contribution in [3.8, 4) is 0 Å². The highest BCUT2D eigenvalue weighted by molar-refractivity contribution is 5.84. The molecule has 0 unspecified atom stereocenters. The SMILES string of the molecule is CCCCCCCC[C@]1(C(=O)OCC)OC1(C)C. The Morgan fingerprint density at radius 1 is 1.06 bits per heavy atom. The molecule has 1 aliphatic heterocycles. The Morgan fingerprint density at radius 2 is 1.61 bits per heavy atom. The van der Waals surface area contributed by atoms with Crippen LogP contribution < -0.4 is 0 Å². The molecule has 0 aromatic heterocycles. The first kappa shape index (κ1) is 15.5. The minimum Gasteiger partial charge on any atom is -0.464 e. The monoisotopic (exact) mass is 256 g/mol. The van der Waals surface area contributed by atoms with E-state index in [0.29, 0.717) is 6.61 Å². The van der Waals surface area contributed by atoms with Gasteiger partial charge < -0.3 is 9.47 Å². The van der Waals surface area contributed by atoms with Crippen molar-refractivity contribution in [2.24, 2.45) is 0 Å². The topological polar surface area (TPSA) is 38.8 Å². The van der Waals surface area contributed by atoms with E-state index < -0.39 is 5.60 Å². The summed E-state index contributed by atoms with van der Waals surface area (Å²) < 4.78 is 10.8. The molecule has 0 N–H and O–H groups in total. The Bertz CT molecular complexity index is 273. The lowest BCUT2D eigenvalue weighted by Crippen LogP contribution is -2.33. The second-order valence-electron chi connectivity index (χ2n) is 5.68. The fourth-order valence-electron chi connectivity index (χ4n) is 2.55. The summed E-state index contributed by atoms with van der Waals surface area (Å²) in [6.07, 6.45) is 8.16. The zero-order valence-corrected chi connectivity index (χ0v) is 12.4. The molecule has 3 heteroatoms. The van der Waals surface area contributed by atoms with Gasteiger partial charge in [0.15, 0.2) is 5.60 Å². The predicted octanol–water partition coefficient (Wildman–Crippen LogP) is 3.85. The molecule has 0 aromatic carbocycles. The average Bonchev–Trinajstić information content (AvgIpc) is 2.88. The van der Waals surface area contributed by atoms with E-state index in [2.05, 4.69) is 6.92 Å². The third kappa shape index (κ3) is 3.47. The predicted molar refractivity (Wildman–Crippen MR) is 72.5 cm³/mol. The highest BCUT2D eigenvalue weighted by Gasteiger charge is 2.69. The van der Waals surface area contributed by atoms with Crippen LogP contribution in [0, 0.1) is 0 Å². The summed E-state index contributed by atoms with van der Waals surface area (Å²) in [5.41, 5.74) is -1.00. The maximum absolute atomic E-state index is 12.0. The van der Waals surface area contributed by atoms with Crippen molar-refractivity contribution in [1.82, 2.24) is 0 Å². The van der Waals surface area contributed by atoms with Gasteiger partial charge in [0.25, 0.3) is 0 Å². The van der Waals surface area contributed by atoms with Gasteiger partial charge in [-0.25, -0.2) is 4.79 Å². The minimum atomic E-state index is -0.659. The van der Waals surface area contributed by atoms with Crippen molar-refractivity contribution in [3.05, 3.63) is 0 Å². The standard InChI is InChI=1S/C15H28O3/c1-5-7-8-9-10-11-12-15(13(16)17-6-2)14(3,4)18-15/h5-12H2,1-4H3/t15-/m1/s1. The van der Waals surface area contributed by atoms with Crippen LogP contribution in [0.15, 0.2) is 0 Å². The molecule has 1 heterocycles. The molecule has 0 aliphatic carbocycles. The number of esters is 1. The van der Waals surface area contributed by atoms with Gasteiger partial charge in [0.1, 0.15) is 5.60 Å². The first-order valence-corrected chi connectivity index (χ1v) is 7.37. The third-order valence-electron chi connectivity index (χ3n) is 3.85. The van der Waals surface area contributed by atoms with Gasteiger partial charge >= 0.3 is 5.97 Å². The van der Waals surface area contributed by atoms with E-state index in [4.69, 9.17) is 9.47 Å². The van der Waals surface area contributed by atoms with Gasteiger partial charge in [0.05, 0.1) is 6.61 Å². The lowest BCUT2D eigenvalue weighted by molar-refractivity contribution is -0.149. The van der Waals surface area contributed by atoms with Crippen molar-refractivity contribution in [2.75, 3.05) is 6.61 Å². The van der Waals surface area contributed by atoms with Crippen LogP contribution in [-0.4, -0.2) is 23.8 Å². The number of carbonyl (C=O) groups is 1. The van der Waals surface area contributed by atoms with E-state index in [1.807, 2.05) is 20.8 Å². The van der Waals surface area contributed by atoms with Crippen LogP contribution in [0.3, 0.4) is 0 Å². The quantitative estimate of drug-likeness (QED) is 0.357. The average molecular weight is 256 g/mol. The fraction of sp³-hybridized carbons (Fsp3) is 0.933. The lowest BCUT2D eigenvalue weighted by atomic mass is 9.90. The van der Waals surface area contributed by atoms with Crippen molar-refractivity contribution >= 4 is 5.97 Å². The molecule has 106 valence electrons. The summed E-state index contributed by atoms with van der Waals surface area (Å²) in [6.45, 7) is 8.43. The molecule has 18 heavy (non-hydrogen) atoms. The molecule has 1 aliphatic rings. The molecule has 0 saturated carbocycles. The second kappa shape index (κ2) is 6.55. The molecular weight excluding hydrogens is 228 g/mol. The molecule has 1 fully saturated rings. The van der Waals surface area contributed by atoms with E-state index in [-0.39, 0.29) is 11.6 Å². The van der Waals surface area contributed by atoms with Crippen LogP contribution in [0.4, 0.5) is 0 Å². The fourth-order valence-corrected chi connectivity index (χ4v) is 2.55. The van der Waals surface area contributed by atoms with Gasteiger partial charge in [-0.2, -0.15) is 0 Å². The number of ether oxygens (including phenoxy) is 2. The number of epoxide rings is 1. The van der Waals surface area contributed by atoms with Gasteiger partial charge in [-0.1, -0.05) is 39.0 Å². The summed E-state index contributed by atoms with van der Waals surface area (Å²) in [5, 5.41) is 0. The summed E-state index contributed by atoms with van der Waals surface area (Å²) in [7, 11) is 0. The molecule has 1 saturated heterocycles. The summed E-state index contributed by atoms with van der Waals surface area (Å²) in [4.78, 5) is 12.0. The van der Waals surface area contributed by atoms with E-state index >= 15 is 0 Å². The van der Waals surface area contributed by atoms with Crippen molar-refractivity contribution in [1.29, 1.82) is 0 Å². The lowest BCUT2D eigenvalue weighted by Gasteiger charge is -2.13. The highest BCUT2D eigenvalue weighted by atomic mass is 16.7. The van der Waals surface area contributed by atoms with E-state index in [1.54, 1.807) is 0 Å². The number of unbranched alkanes of at least 4 members (excludes halogenated alkanes) is 5. The molecule has 0 spiro atoms. The Kier molecular flexibility index (Phi) is 5.64. The Labute approximate surface area is 111 Å². The molecule has 0 aromatic rings. The molecule has 3 nitrogen and oxygen atoms in total. The Hall–Kier alpha value is -0.570. The van der Waals surface area contributed by atoms with E-state index in [0.717, 1.165) is 12.8 Å². The normalized spacial score (nSPS) is 24.9. The van der Waals surface area contributed by atoms with Gasteiger partial charge in [0.2, 0.25) is 0 Å². The first-order valence-electron chi connectivity index (χ1n) is 7.37. The summed E-state index contributed by atoms with van der Waals surface area (Å²) >= 11 is 0. The maximum atomic E-state index is 12.0. The maximum Gasteiger partial charge on any atom is 0.341 e. The number of hydrogen-bond donors (Lipinski definition) is 0. The van der Waals surface area contributed by atoms with Crippen LogP contribution in [0.25, 0.3) is 0 Å². The third-order valence-corrected chi connectivity index (χ3v) is 3.85. The smallest absolute Gasteiger partial charge is 0.341 e. The number of carbonyl (C=O) groups excluding carboxylic acids is 1. The van der Waals surface area contributed by atoms with Crippen molar-refractivity contribution < 1.29 is 14.3 Å². The van der Waals surface area contributed by atoms with Crippen LogP contribution in [0.5, 0.6) is 0 Å². The molecule has 1 atom stereocenters. The van der Waals surface area contributed by atoms with Crippen LogP contribution in [0.1, 0.15) is 72.6 Å². The zero-order chi connectivity index (χ0) is 13.6. The van der Waals surface area contributed by atoms with E-state index in [1.165, 1.54) is 32.1 Å². The Balaban J connectivity index is 2.30. The van der Waals surface area contributed by atoms with Gasteiger partial charge in [-0.05, 0) is 33.6 Å². The Morgan fingerprint density at radius 3 is 2.11 bits per heavy atom. The van der Waals surface area contributed by atoms with Gasteiger partial charge in [0, 0.05) is 0 Å². The number of rotatable bonds is 9. The van der Waals surface area contributed by atoms with Gasteiger partial charge in [-0.15, -0.1) is 0 Å². The molecule has 1 rings (SSSR count).